The summed E-state index contributed by atoms with van der Waals surface area (Å²) in [5.41, 5.74) is 6.65. The lowest BCUT2D eigenvalue weighted by molar-refractivity contribution is 0.322. The van der Waals surface area contributed by atoms with Crippen LogP contribution in [0.25, 0.3) is 0 Å². The minimum atomic E-state index is 0.148. The topological polar surface area (TPSA) is 72.0 Å². The molecule has 78 valence electrons. The highest BCUT2D eigenvalue weighted by atomic mass is 32.2. The average Bonchev–Trinajstić information content (AvgIpc) is 2.20. The van der Waals surface area contributed by atoms with E-state index in [-0.39, 0.29) is 6.61 Å². The maximum atomic E-state index is 8.72. The summed E-state index contributed by atoms with van der Waals surface area (Å²) < 4.78 is 0. The summed E-state index contributed by atoms with van der Waals surface area (Å²) >= 11 is 1.51. The Kier molecular flexibility index (Phi) is 4.16. The smallest absolute Gasteiger partial charge is 0.131 e. The van der Waals surface area contributed by atoms with E-state index < -0.39 is 0 Å². The summed E-state index contributed by atoms with van der Waals surface area (Å²) in [5.74, 6) is 1.94. The Morgan fingerprint density at radius 3 is 2.71 bits per heavy atom. The molecule has 0 radical (unpaired) electrons. The lowest BCUT2D eigenvalue weighted by Crippen LogP contribution is -2.04. The Hall–Kier alpha value is -0.810. The summed E-state index contributed by atoms with van der Waals surface area (Å²) in [6.07, 6.45) is 0.775. The van der Waals surface area contributed by atoms with Crippen molar-refractivity contribution in [2.75, 3.05) is 18.1 Å². The molecule has 0 atom stereocenters. The van der Waals surface area contributed by atoms with Gasteiger partial charge in [-0.25, -0.2) is 9.97 Å². The molecule has 0 bridgehead atoms. The van der Waals surface area contributed by atoms with E-state index in [1.165, 1.54) is 11.8 Å². The van der Waals surface area contributed by atoms with Gasteiger partial charge in [-0.1, -0.05) is 6.92 Å². The standard InChI is InChI=1S/C9H15N3OS/c1-3-7-11-8(10)6(2)9(12-7)14-5-4-13/h13H,3-5H2,1-2H3,(H2,10,11,12). The van der Waals surface area contributed by atoms with Gasteiger partial charge in [0.05, 0.1) is 6.61 Å². The second-order valence-corrected chi connectivity index (χ2v) is 3.96. The second kappa shape index (κ2) is 5.17. The van der Waals surface area contributed by atoms with E-state index in [4.69, 9.17) is 10.8 Å². The van der Waals surface area contributed by atoms with E-state index >= 15 is 0 Å². The number of aliphatic hydroxyl groups excluding tert-OH is 1. The summed E-state index contributed by atoms with van der Waals surface area (Å²) in [4.78, 5) is 8.50. The van der Waals surface area contributed by atoms with Gasteiger partial charge in [0.1, 0.15) is 16.7 Å². The molecule has 0 aliphatic carbocycles. The minimum absolute atomic E-state index is 0.148. The third-order valence-corrected chi connectivity index (χ3v) is 2.89. The maximum absolute atomic E-state index is 8.72. The maximum Gasteiger partial charge on any atom is 0.131 e. The first-order chi connectivity index (χ1) is 6.69. The molecule has 14 heavy (non-hydrogen) atoms. The number of nitrogen functional groups attached to an aromatic ring is 1. The predicted molar refractivity (Wildman–Crippen MR) is 58.4 cm³/mol. The zero-order valence-corrected chi connectivity index (χ0v) is 9.27. The van der Waals surface area contributed by atoms with Gasteiger partial charge in [-0.2, -0.15) is 0 Å². The lowest BCUT2D eigenvalue weighted by atomic mass is 10.3. The van der Waals surface area contributed by atoms with Gasteiger partial charge in [0, 0.05) is 17.7 Å². The zero-order chi connectivity index (χ0) is 10.6. The third kappa shape index (κ3) is 2.59. The average molecular weight is 213 g/mol. The Bertz CT molecular complexity index is 317. The quantitative estimate of drug-likeness (QED) is 0.577. The van der Waals surface area contributed by atoms with Crippen molar-refractivity contribution in [2.24, 2.45) is 0 Å². The van der Waals surface area contributed by atoms with E-state index in [9.17, 15) is 0 Å². The fourth-order valence-electron chi connectivity index (χ4n) is 0.999. The van der Waals surface area contributed by atoms with E-state index in [2.05, 4.69) is 9.97 Å². The molecule has 1 heterocycles. The lowest BCUT2D eigenvalue weighted by Gasteiger charge is -2.07. The first kappa shape index (κ1) is 11.3. The summed E-state index contributed by atoms with van der Waals surface area (Å²) in [5, 5.41) is 9.60. The fourth-order valence-corrected chi connectivity index (χ4v) is 1.78. The molecule has 0 unspecified atom stereocenters. The molecule has 1 rings (SSSR count). The van der Waals surface area contributed by atoms with Crippen LogP contribution in [0, 0.1) is 6.92 Å². The molecule has 0 saturated carbocycles. The van der Waals surface area contributed by atoms with Crippen LogP contribution in [0.1, 0.15) is 18.3 Å². The van der Waals surface area contributed by atoms with Gasteiger partial charge >= 0.3 is 0 Å². The molecule has 0 aliphatic heterocycles. The second-order valence-electron chi connectivity index (χ2n) is 2.88. The van der Waals surface area contributed by atoms with Gasteiger partial charge in [-0.05, 0) is 6.92 Å². The molecular formula is C9H15N3OS. The minimum Gasteiger partial charge on any atom is -0.396 e. The van der Waals surface area contributed by atoms with Gasteiger partial charge in [0.25, 0.3) is 0 Å². The number of hydrogen-bond donors (Lipinski definition) is 2. The van der Waals surface area contributed by atoms with Crippen molar-refractivity contribution in [1.29, 1.82) is 0 Å². The van der Waals surface area contributed by atoms with Crippen LogP contribution < -0.4 is 5.73 Å². The SMILES string of the molecule is CCc1nc(N)c(C)c(SCCO)n1. The number of nitrogens with zero attached hydrogens (tertiary/aromatic N) is 2. The van der Waals surface area contributed by atoms with Crippen LogP contribution in [0.5, 0.6) is 0 Å². The van der Waals surface area contributed by atoms with Gasteiger partial charge in [0.15, 0.2) is 0 Å². The Morgan fingerprint density at radius 2 is 2.14 bits per heavy atom. The normalized spacial score (nSPS) is 10.5. The molecule has 1 aromatic rings. The van der Waals surface area contributed by atoms with Crippen molar-refractivity contribution in [3.8, 4) is 0 Å². The van der Waals surface area contributed by atoms with Crippen molar-refractivity contribution in [3.05, 3.63) is 11.4 Å². The van der Waals surface area contributed by atoms with Crippen LogP contribution in [-0.4, -0.2) is 27.4 Å². The number of aromatic nitrogens is 2. The molecule has 0 aromatic carbocycles. The molecule has 0 spiro atoms. The highest BCUT2D eigenvalue weighted by molar-refractivity contribution is 7.99. The van der Waals surface area contributed by atoms with Crippen molar-refractivity contribution in [1.82, 2.24) is 9.97 Å². The number of rotatable bonds is 4. The van der Waals surface area contributed by atoms with Crippen LogP contribution in [0.3, 0.4) is 0 Å². The number of aliphatic hydroxyl groups is 1. The molecule has 0 fully saturated rings. The molecule has 3 N–H and O–H groups in total. The first-order valence-electron chi connectivity index (χ1n) is 4.55. The van der Waals surface area contributed by atoms with Gasteiger partial charge in [-0.3, -0.25) is 0 Å². The predicted octanol–water partition coefficient (Wildman–Crippen LogP) is 1.01. The monoisotopic (exact) mass is 213 g/mol. The van der Waals surface area contributed by atoms with Crippen LogP contribution in [-0.2, 0) is 6.42 Å². The molecule has 0 aliphatic rings. The van der Waals surface area contributed by atoms with Crippen molar-refractivity contribution in [3.63, 3.8) is 0 Å². The van der Waals surface area contributed by atoms with E-state index in [0.29, 0.717) is 11.6 Å². The summed E-state index contributed by atoms with van der Waals surface area (Å²) in [6.45, 7) is 4.04. The molecule has 1 aromatic heterocycles. The van der Waals surface area contributed by atoms with Crippen LogP contribution in [0.15, 0.2) is 5.03 Å². The number of hydrogen-bond acceptors (Lipinski definition) is 5. The van der Waals surface area contributed by atoms with Crippen molar-refractivity contribution in [2.45, 2.75) is 25.3 Å². The Balaban J connectivity index is 2.95. The number of aryl methyl sites for hydroxylation is 1. The largest absolute Gasteiger partial charge is 0.396 e. The van der Waals surface area contributed by atoms with Gasteiger partial charge < -0.3 is 10.8 Å². The molecule has 4 nitrogen and oxygen atoms in total. The van der Waals surface area contributed by atoms with Gasteiger partial charge in [0.2, 0.25) is 0 Å². The highest BCUT2D eigenvalue weighted by Crippen LogP contribution is 2.22. The van der Waals surface area contributed by atoms with Gasteiger partial charge in [-0.15, -0.1) is 11.8 Å². The van der Waals surface area contributed by atoms with E-state index in [0.717, 1.165) is 22.8 Å². The molecule has 0 amide bonds. The number of anilines is 1. The zero-order valence-electron chi connectivity index (χ0n) is 8.45. The first-order valence-corrected chi connectivity index (χ1v) is 5.54. The summed E-state index contributed by atoms with van der Waals surface area (Å²) in [7, 11) is 0. The van der Waals surface area contributed by atoms with Crippen molar-refractivity contribution < 1.29 is 5.11 Å². The fraction of sp³-hybridized carbons (Fsp3) is 0.556. The molecular weight excluding hydrogens is 198 g/mol. The van der Waals surface area contributed by atoms with E-state index in [1.54, 1.807) is 0 Å². The summed E-state index contributed by atoms with van der Waals surface area (Å²) in [6, 6.07) is 0. The highest BCUT2D eigenvalue weighted by Gasteiger charge is 2.07. The van der Waals surface area contributed by atoms with Crippen LogP contribution in [0.4, 0.5) is 5.82 Å². The third-order valence-electron chi connectivity index (χ3n) is 1.83. The van der Waals surface area contributed by atoms with Crippen LogP contribution in [0.2, 0.25) is 0 Å². The van der Waals surface area contributed by atoms with Crippen LogP contribution >= 0.6 is 11.8 Å². The van der Waals surface area contributed by atoms with E-state index in [1.807, 2.05) is 13.8 Å². The van der Waals surface area contributed by atoms with Crippen molar-refractivity contribution >= 4 is 17.6 Å². The number of nitrogens with two attached hydrogens (primary N) is 1. The Labute approximate surface area is 88.0 Å². The Morgan fingerprint density at radius 1 is 1.43 bits per heavy atom. The molecule has 5 heteroatoms. The molecule has 0 saturated heterocycles. The number of thioether (sulfide) groups is 1.